The summed E-state index contributed by atoms with van der Waals surface area (Å²) in [6.45, 7) is 8.21. The molecule has 0 heterocycles. The van der Waals surface area contributed by atoms with E-state index in [1.54, 1.807) is 0 Å². The Balaban J connectivity index is 1.75. The van der Waals surface area contributed by atoms with Gasteiger partial charge in [-0.05, 0) is 55.0 Å². The third-order valence-electron chi connectivity index (χ3n) is 9.22. The fourth-order valence-electron chi connectivity index (χ4n) is 6.14. The van der Waals surface area contributed by atoms with E-state index in [1.165, 1.54) is 128 Å². The Morgan fingerprint density at radius 3 is 1.36 bits per heavy atom. The van der Waals surface area contributed by atoms with Gasteiger partial charge in [-0.15, -0.1) is 0 Å². The number of ether oxygens (including phenoxy) is 2. The van der Waals surface area contributed by atoms with E-state index >= 15 is 0 Å². The predicted octanol–water partition coefficient (Wildman–Crippen LogP) is 14.5. The minimum absolute atomic E-state index is 0.743. The maximum atomic E-state index is 6.40. The summed E-state index contributed by atoms with van der Waals surface area (Å²) >= 11 is 5.69. The van der Waals surface area contributed by atoms with Gasteiger partial charge in [0.2, 0.25) is 0 Å². The van der Waals surface area contributed by atoms with Crippen LogP contribution in [0.5, 0.6) is 11.5 Å². The van der Waals surface area contributed by atoms with Crippen LogP contribution in [0.4, 0.5) is 0 Å². The van der Waals surface area contributed by atoms with Gasteiger partial charge in [0.05, 0.1) is 13.2 Å². The van der Waals surface area contributed by atoms with Gasteiger partial charge in [-0.3, -0.25) is 0 Å². The molecule has 2 aromatic carbocycles. The van der Waals surface area contributed by atoms with Crippen molar-refractivity contribution in [2.75, 3.05) is 13.2 Å². The molecule has 0 radical (unpaired) electrons. The zero-order chi connectivity index (χ0) is 33.6. The maximum Gasteiger partial charge on any atom is 0.126 e. The molecule has 264 valence electrons. The van der Waals surface area contributed by atoms with Crippen molar-refractivity contribution >= 4 is 23.2 Å². The van der Waals surface area contributed by atoms with E-state index < -0.39 is 0 Å². The molecule has 0 aromatic heterocycles. The summed E-state index contributed by atoms with van der Waals surface area (Å²) in [5, 5.41) is 0. The predicted molar refractivity (Wildman–Crippen MR) is 212 cm³/mol. The number of rotatable bonds is 31. The average molecular weight is 663 g/mol. The van der Waals surface area contributed by atoms with Crippen LogP contribution in [0.3, 0.4) is 0 Å². The van der Waals surface area contributed by atoms with Gasteiger partial charge in [0, 0.05) is 10.4 Å². The van der Waals surface area contributed by atoms with Crippen LogP contribution < -0.4 is 9.47 Å². The Hall–Kier alpha value is -2.13. The fraction of sp³-hybridized carbons (Fsp3) is 0.659. The van der Waals surface area contributed by atoms with Gasteiger partial charge in [-0.25, -0.2) is 0 Å². The molecule has 0 aliphatic carbocycles. The second-order valence-corrected chi connectivity index (χ2v) is 14.0. The second-order valence-electron chi connectivity index (χ2n) is 13.6. The van der Waals surface area contributed by atoms with Crippen molar-refractivity contribution in [3.05, 3.63) is 65.2 Å². The Kier molecular flexibility index (Phi) is 25.2. The first-order chi connectivity index (χ1) is 23.2. The topological polar surface area (TPSA) is 18.5 Å². The maximum absolute atomic E-state index is 6.40. The highest BCUT2D eigenvalue weighted by Crippen LogP contribution is 2.34. The van der Waals surface area contributed by atoms with Crippen molar-refractivity contribution in [1.82, 2.24) is 0 Å². The lowest BCUT2D eigenvalue weighted by atomic mass is 10.00. The molecule has 0 saturated carbocycles. The summed E-state index contributed by atoms with van der Waals surface area (Å²) in [6, 6.07) is 14.6. The molecule has 0 N–H and O–H groups in total. The van der Waals surface area contributed by atoms with Gasteiger partial charge < -0.3 is 9.47 Å². The van der Waals surface area contributed by atoms with Crippen molar-refractivity contribution in [2.45, 2.75) is 175 Å². The zero-order valence-electron chi connectivity index (χ0n) is 30.8. The van der Waals surface area contributed by atoms with E-state index in [-0.39, 0.29) is 0 Å². The van der Waals surface area contributed by atoms with Gasteiger partial charge in [0.15, 0.2) is 0 Å². The van der Waals surface area contributed by atoms with E-state index in [0.717, 1.165) is 72.8 Å². The quantitative estimate of drug-likeness (QED) is 0.0346. The number of thiocarbonyl (C=S) groups is 1. The van der Waals surface area contributed by atoms with Crippen molar-refractivity contribution in [1.29, 1.82) is 0 Å². The van der Waals surface area contributed by atoms with E-state index in [9.17, 15) is 0 Å². The number of allylic oxidation sites excluding steroid dienone is 1. The minimum Gasteiger partial charge on any atom is -0.493 e. The molecule has 0 atom stereocenters. The van der Waals surface area contributed by atoms with E-state index in [1.807, 2.05) is 24.3 Å². The third-order valence-corrected chi connectivity index (χ3v) is 9.59. The molecule has 0 aliphatic rings. The molecule has 0 amide bonds. The average Bonchev–Trinajstić information content (AvgIpc) is 3.09. The highest BCUT2D eigenvalue weighted by atomic mass is 32.1. The molecular formula is C44H70O2S. The van der Waals surface area contributed by atoms with Crippen LogP contribution in [0, 0.1) is 0 Å². The normalized spacial score (nSPS) is 11.4. The fourth-order valence-corrected chi connectivity index (χ4v) is 6.35. The standard InChI is InChI=1S/C44H70O2S/c1-4-7-10-11-12-13-14-15-16-17-18-19-20-21-22-23-24-25-29-32-41-42(45-35-8-5-2)37-39(38-43(41)46-36-9-6-3)33-34-44(47)40-30-27-26-28-31-40/h26-28,30-31,33-34,37-38H,4-25,29,32,35-36H2,1-3H3. The van der Waals surface area contributed by atoms with Gasteiger partial charge in [-0.1, -0.05) is 198 Å². The Morgan fingerprint density at radius 2 is 0.936 bits per heavy atom. The second kappa shape index (κ2) is 28.8. The van der Waals surface area contributed by atoms with E-state index in [0.29, 0.717) is 0 Å². The van der Waals surface area contributed by atoms with Crippen LogP contribution >= 0.6 is 12.2 Å². The molecule has 2 nitrogen and oxygen atoms in total. The number of hydrogen-bond acceptors (Lipinski definition) is 3. The van der Waals surface area contributed by atoms with Crippen LogP contribution in [-0.2, 0) is 6.42 Å². The minimum atomic E-state index is 0.743. The van der Waals surface area contributed by atoms with E-state index in [2.05, 4.69) is 51.1 Å². The molecule has 2 aromatic rings. The Bertz CT molecular complexity index is 1030. The summed E-state index contributed by atoms with van der Waals surface area (Å²) in [5.41, 5.74) is 3.39. The number of hydrogen-bond donors (Lipinski definition) is 0. The number of benzene rings is 2. The molecule has 47 heavy (non-hydrogen) atoms. The van der Waals surface area contributed by atoms with Crippen LogP contribution in [0.2, 0.25) is 0 Å². The largest absolute Gasteiger partial charge is 0.493 e. The van der Waals surface area contributed by atoms with Crippen molar-refractivity contribution in [3.8, 4) is 11.5 Å². The lowest BCUT2D eigenvalue weighted by molar-refractivity contribution is 0.288. The summed E-state index contributed by atoms with van der Waals surface area (Å²) in [5.74, 6) is 1.97. The molecule has 0 unspecified atom stereocenters. The van der Waals surface area contributed by atoms with Crippen molar-refractivity contribution < 1.29 is 9.47 Å². The Morgan fingerprint density at radius 1 is 0.532 bits per heavy atom. The molecule has 0 fully saturated rings. The monoisotopic (exact) mass is 663 g/mol. The van der Waals surface area contributed by atoms with Crippen molar-refractivity contribution in [2.24, 2.45) is 0 Å². The van der Waals surface area contributed by atoms with Crippen molar-refractivity contribution in [3.63, 3.8) is 0 Å². The molecule has 0 bridgehead atoms. The molecule has 0 aliphatic heterocycles. The van der Waals surface area contributed by atoms with Crippen LogP contribution in [0.25, 0.3) is 6.08 Å². The van der Waals surface area contributed by atoms with Crippen LogP contribution in [0.1, 0.15) is 185 Å². The molecule has 0 spiro atoms. The SMILES string of the molecule is CCCCCCCCCCCCCCCCCCCCCc1c(OCCCC)cc(C=CC(=S)c2ccccc2)cc1OCCCC. The summed E-state index contributed by atoms with van der Waals surface area (Å²) < 4.78 is 12.8. The Labute approximate surface area is 296 Å². The highest BCUT2D eigenvalue weighted by molar-refractivity contribution is 7.81. The van der Waals surface area contributed by atoms with Gasteiger partial charge in [0.1, 0.15) is 11.5 Å². The number of unbranched alkanes of at least 4 members (excludes halogenated alkanes) is 20. The molecule has 2 rings (SSSR count). The van der Waals surface area contributed by atoms with Gasteiger partial charge in [-0.2, -0.15) is 0 Å². The lowest BCUT2D eigenvalue weighted by Crippen LogP contribution is -2.05. The molecule has 0 saturated heterocycles. The lowest BCUT2D eigenvalue weighted by Gasteiger charge is -2.18. The van der Waals surface area contributed by atoms with Crippen LogP contribution in [-0.4, -0.2) is 18.1 Å². The first-order valence-electron chi connectivity index (χ1n) is 19.9. The summed E-state index contributed by atoms with van der Waals surface area (Å²) in [4.78, 5) is 0.839. The first-order valence-corrected chi connectivity index (χ1v) is 20.3. The molecule has 3 heteroatoms. The first kappa shape index (κ1) is 41.0. The summed E-state index contributed by atoms with van der Waals surface area (Å²) in [6.07, 6.45) is 36.2. The highest BCUT2D eigenvalue weighted by Gasteiger charge is 2.14. The van der Waals surface area contributed by atoms with Gasteiger partial charge in [0.25, 0.3) is 0 Å². The smallest absolute Gasteiger partial charge is 0.126 e. The van der Waals surface area contributed by atoms with E-state index in [4.69, 9.17) is 21.7 Å². The van der Waals surface area contributed by atoms with Gasteiger partial charge >= 0.3 is 0 Å². The third kappa shape index (κ3) is 20.1. The van der Waals surface area contributed by atoms with Crippen LogP contribution in [0.15, 0.2) is 48.5 Å². The molecular weight excluding hydrogens is 593 g/mol. The zero-order valence-corrected chi connectivity index (χ0v) is 31.6. The summed E-state index contributed by atoms with van der Waals surface area (Å²) in [7, 11) is 0.